The molecule has 0 aliphatic carbocycles. The van der Waals surface area contributed by atoms with Crippen LogP contribution < -0.4 is 16.9 Å². The molecular formula is C13H12N3O5P. The van der Waals surface area contributed by atoms with Crippen LogP contribution in [-0.4, -0.2) is 19.3 Å². The first-order valence-electron chi connectivity index (χ1n) is 6.26. The number of nitrogens with one attached hydrogen (secondary N) is 1. The number of hydrogen-bond donors (Lipinski definition) is 4. The molecule has 5 N–H and O–H groups in total. The van der Waals surface area contributed by atoms with Crippen molar-refractivity contribution in [3.05, 3.63) is 51.0 Å². The molecule has 0 radical (unpaired) electrons. The quantitative estimate of drug-likeness (QED) is 0.235. The van der Waals surface area contributed by atoms with E-state index in [1.165, 1.54) is 6.07 Å². The van der Waals surface area contributed by atoms with E-state index < -0.39 is 25.0 Å². The molecule has 0 fully saturated rings. The third kappa shape index (κ3) is 2.33. The highest BCUT2D eigenvalue weighted by molar-refractivity contribution is 7.50. The highest BCUT2D eigenvalue weighted by Crippen LogP contribution is 2.37. The van der Waals surface area contributed by atoms with Gasteiger partial charge in [-0.1, -0.05) is 24.3 Å². The summed E-state index contributed by atoms with van der Waals surface area (Å²) in [4.78, 5) is 44.5. The number of aromatic amines is 1. The normalized spacial score (nSPS) is 12.1. The molecule has 0 unspecified atom stereocenters. The summed E-state index contributed by atoms with van der Waals surface area (Å²) in [5.41, 5.74) is 4.78. The van der Waals surface area contributed by atoms with Gasteiger partial charge in [0.05, 0.1) is 11.0 Å². The molecule has 0 atom stereocenters. The molecule has 3 rings (SSSR count). The average Bonchev–Trinajstić information content (AvgIpc) is 2.44. The van der Waals surface area contributed by atoms with Crippen molar-refractivity contribution in [2.24, 2.45) is 0 Å². The van der Waals surface area contributed by atoms with E-state index in [1.807, 2.05) is 0 Å². The number of fused-ring (bicyclic) bond motifs is 3. The van der Waals surface area contributed by atoms with Gasteiger partial charge in [0.2, 0.25) is 0 Å². The van der Waals surface area contributed by atoms with Crippen molar-refractivity contribution in [1.29, 1.82) is 0 Å². The van der Waals surface area contributed by atoms with Gasteiger partial charge in [0.1, 0.15) is 6.29 Å². The third-order valence-corrected chi connectivity index (χ3v) is 4.00. The summed E-state index contributed by atoms with van der Waals surface area (Å²) in [6.45, 7) is 0. The fourth-order valence-corrected chi connectivity index (χ4v) is 3.11. The van der Waals surface area contributed by atoms with Gasteiger partial charge in [-0.05, 0) is 6.07 Å². The standard InChI is InChI=1S/C13H12N3O5P/c14-9-5-10-11(8-4-2-1-3-7(8)9)15-12(17)13(18)16(10)6-22(19,20)21/h1-5H,6,14H2,(H,15,17)(H2,19,20,21). The molecule has 2 aromatic carbocycles. The van der Waals surface area contributed by atoms with Gasteiger partial charge in [-0.3, -0.25) is 18.7 Å². The largest absolute Gasteiger partial charge is 0.398 e. The van der Waals surface area contributed by atoms with Crippen LogP contribution in [-0.2, 0) is 10.9 Å². The number of H-pyrrole nitrogens is 1. The lowest BCUT2D eigenvalue weighted by molar-refractivity contribution is 0.362. The minimum atomic E-state index is -4.54. The van der Waals surface area contributed by atoms with Crippen molar-refractivity contribution in [3.8, 4) is 0 Å². The first-order valence-corrected chi connectivity index (χ1v) is 8.06. The van der Waals surface area contributed by atoms with E-state index in [0.717, 1.165) is 4.57 Å². The van der Waals surface area contributed by atoms with Crippen LogP contribution in [0.25, 0.3) is 21.8 Å². The zero-order valence-electron chi connectivity index (χ0n) is 11.2. The topological polar surface area (TPSA) is 138 Å². The highest BCUT2D eigenvalue weighted by Gasteiger charge is 2.19. The van der Waals surface area contributed by atoms with E-state index in [2.05, 4.69) is 4.98 Å². The SMILES string of the molecule is Nc1cc2c([nH]c(=O)c(=O)n2CP(=O)(O)O)c2ccccc12. The Labute approximate surface area is 123 Å². The van der Waals surface area contributed by atoms with E-state index in [9.17, 15) is 14.2 Å². The summed E-state index contributed by atoms with van der Waals surface area (Å²) in [6.07, 6.45) is -0.885. The Morgan fingerprint density at radius 2 is 1.82 bits per heavy atom. The summed E-state index contributed by atoms with van der Waals surface area (Å²) in [5.74, 6) is 0. The lowest BCUT2D eigenvalue weighted by atomic mass is 10.1. The number of benzene rings is 2. The lowest BCUT2D eigenvalue weighted by Gasteiger charge is -2.13. The van der Waals surface area contributed by atoms with E-state index in [0.29, 0.717) is 22.0 Å². The second-order valence-corrected chi connectivity index (χ2v) is 6.51. The van der Waals surface area contributed by atoms with Gasteiger partial charge in [0.25, 0.3) is 0 Å². The first-order chi connectivity index (χ1) is 10.3. The molecule has 0 saturated heterocycles. The van der Waals surface area contributed by atoms with Gasteiger partial charge in [0.15, 0.2) is 0 Å². The number of nitrogens with zero attached hydrogens (tertiary/aromatic N) is 1. The molecule has 0 aliphatic heterocycles. The van der Waals surface area contributed by atoms with Crippen molar-refractivity contribution in [2.75, 3.05) is 5.73 Å². The van der Waals surface area contributed by atoms with Crippen molar-refractivity contribution in [3.63, 3.8) is 0 Å². The molecule has 0 bridgehead atoms. The molecule has 0 aliphatic rings. The first kappa shape index (κ1) is 14.5. The molecule has 0 spiro atoms. The van der Waals surface area contributed by atoms with Gasteiger partial charge in [-0.25, -0.2) is 0 Å². The summed E-state index contributed by atoms with van der Waals surface area (Å²) in [6, 6.07) is 8.38. The van der Waals surface area contributed by atoms with Gasteiger partial charge < -0.3 is 20.5 Å². The molecule has 1 heterocycles. The predicted octanol–water partition coefficient (Wildman–Crippen LogP) is 0.560. The Kier molecular flexibility index (Phi) is 3.17. The predicted molar refractivity (Wildman–Crippen MR) is 82.8 cm³/mol. The van der Waals surface area contributed by atoms with Crippen LogP contribution >= 0.6 is 7.60 Å². The third-order valence-electron chi connectivity index (χ3n) is 3.35. The van der Waals surface area contributed by atoms with Crippen molar-refractivity contribution in [2.45, 2.75) is 6.29 Å². The Balaban J connectivity index is 2.55. The van der Waals surface area contributed by atoms with E-state index in [4.69, 9.17) is 15.5 Å². The Hall–Kier alpha value is -2.41. The maximum Gasteiger partial charge on any atom is 0.345 e. The Bertz CT molecular complexity index is 1060. The highest BCUT2D eigenvalue weighted by atomic mass is 31.2. The van der Waals surface area contributed by atoms with Crippen LogP contribution in [0.2, 0.25) is 0 Å². The molecule has 1 aromatic heterocycles. The number of rotatable bonds is 2. The van der Waals surface area contributed by atoms with Gasteiger partial charge in [-0.15, -0.1) is 0 Å². The molecule has 0 amide bonds. The fraction of sp³-hybridized carbons (Fsp3) is 0.0769. The van der Waals surface area contributed by atoms with Crippen LogP contribution in [0.3, 0.4) is 0 Å². The average molecular weight is 321 g/mol. The van der Waals surface area contributed by atoms with Crippen LogP contribution in [0.15, 0.2) is 39.9 Å². The Morgan fingerprint density at radius 1 is 1.18 bits per heavy atom. The van der Waals surface area contributed by atoms with Crippen LogP contribution in [0.5, 0.6) is 0 Å². The maximum atomic E-state index is 11.9. The fourth-order valence-electron chi connectivity index (χ4n) is 2.46. The zero-order valence-corrected chi connectivity index (χ0v) is 12.1. The lowest BCUT2D eigenvalue weighted by Crippen LogP contribution is -2.36. The molecular weight excluding hydrogens is 309 g/mol. The summed E-state index contributed by atoms with van der Waals surface area (Å²) in [7, 11) is -4.54. The van der Waals surface area contributed by atoms with E-state index in [1.54, 1.807) is 24.3 Å². The van der Waals surface area contributed by atoms with Gasteiger partial charge in [0, 0.05) is 16.5 Å². The minimum absolute atomic E-state index is 0.170. The summed E-state index contributed by atoms with van der Waals surface area (Å²) < 4.78 is 12.0. The van der Waals surface area contributed by atoms with E-state index >= 15 is 0 Å². The molecule has 114 valence electrons. The van der Waals surface area contributed by atoms with Crippen molar-refractivity contribution >= 4 is 35.1 Å². The molecule has 0 saturated carbocycles. The second-order valence-electron chi connectivity index (χ2n) is 4.90. The number of hydrogen-bond acceptors (Lipinski definition) is 4. The summed E-state index contributed by atoms with van der Waals surface area (Å²) in [5, 5.41) is 1.26. The Morgan fingerprint density at radius 3 is 2.45 bits per heavy atom. The summed E-state index contributed by atoms with van der Waals surface area (Å²) >= 11 is 0. The van der Waals surface area contributed by atoms with Crippen molar-refractivity contribution in [1.82, 2.24) is 9.55 Å². The second kappa shape index (κ2) is 4.81. The molecule has 3 aromatic rings. The molecule has 22 heavy (non-hydrogen) atoms. The molecule has 9 heteroatoms. The number of aromatic nitrogens is 2. The van der Waals surface area contributed by atoms with Crippen molar-refractivity contribution < 1.29 is 14.4 Å². The van der Waals surface area contributed by atoms with Crippen LogP contribution in [0, 0.1) is 0 Å². The number of anilines is 1. The smallest absolute Gasteiger partial charge is 0.345 e. The number of nitrogen functional groups attached to an aromatic ring is 1. The van der Waals surface area contributed by atoms with Gasteiger partial charge >= 0.3 is 18.7 Å². The maximum absolute atomic E-state index is 11.9. The van der Waals surface area contributed by atoms with Crippen LogP contribution in [0.1, 0.15) is 0 Å². The number of nitrogens with two attached hydrogens (primary N) is 1. The zero-order chi connectivity index (χ0) is 16.1. The van der Waals surface area contributed by atoms with Gasteiger partial charge in [-0.2, -0.15) is 0 Å². The molecule has 8 nitrogen and oxygen atoms in total. The monoisotopic (exact) mass is 321 g/mol. The van der Waals surface area contributed by atoms with Crippen LogP contribution in [0.4, 0.5) is 5.69 Å². The minimum Gasteiger partial charge on any atom is -0.398 e. The van der Waals surface area contributed by atoms with E-state index in [-0.39, 0.29) is 5.52 Å².